The van der Waals surface area contributed by atoms with Crippen molar-refractivity contribution >= 4 is 17.5 Å². The Labute approximate surface area is 186 Å². The number of benzene rings is 1. The number of carbonyl (C=O) groups is 2. The van der Waals surface area contributed by atoms with Crippen molar-refractivity contribution < 1.29 is 36.3 Å². The van der Waals surface area contributed by atoms with Crippen molar-refractivity contribution in [1.82, 2.24) is 4.98 Å². The number of anilines is 1. The number of halogens is 5. The molecule has 0 radical (unpaired) electrons. The molecular formula is C22H22F5N3O3. The fourth-order valence-electron chi connectivity index (χ4n) is 4.38. The lowest BCUT2D eigenvalue weighted by molar-refractivity contribution is -0.274. The maximum atomic E-state index is 14.3. The largest absolute Gasteiger partial charge is 0.417 e. The molecule has 3 N–H and O–H groups in total. The third-order valence-electron chi connectivity index (χ3n) is 6.12. The van der Waals surface area contributed by atoms with Gasteiger partial charge in [-0.1, -0.05) is 13.0 Å². The number of hydrogen-bond donors (Lipinski definition) is 2. The van der Waals surface area contributed by atoms with Gasteiger partial charge in [0.2, 0.25) is 0 Å². The minimum absolute atomic E-state index is 0.0430. The molecule has 33 heavy (non-hydrogen) atoms. The van der Waals surface area contributed by atoms with Crippen molar-refractivity contribution in [3.63, 3.8) is 0 Å². The first-order chi connectivity index (χ1) is 15.3. The number of aromatic nitrogens is 1. The SMILES string of the molecule is CC[C@H]1[C@@H](c2ccc(F)c(F)c2C)[C@H](C(=O)Nc2ccnc(C(N)=O)c2)O[C@@]1(C)C(F)(F)F. The van der Waals surface area contributed by atoms with E-state index in [0.717, 1.165) is 19.1 Å². The Morgan fingerprint density at radius 2 is 1.91 bits per heavy atom. The fourth-order valence-corrected chi connectivity index (χ4v) is 4.38. The highest BCUT2D eigenvalue weighted by atomic mass is 19.4. The van der Waals surface area contributed by atoms with Gasteiger partial charge < -0.3 is 15.8 Å². The maximum Gasteiger partial charge on any atom is 0.417 e. The van der Waals surface area contributed by atoms with Crippen LogP contribution in [-0.4, -0.2) is 34.7 Å². The van der Waals surface area contributed by atoms with Gasteiger partial charge >= 0.3 is 6.18 Å². The Hall–Kier alpha value is -3.08. The molecule has 2 heterocycles. The number of primary amides is 1. The van der Waals surface area contributed by atoms with E-state index < -0.39 is 53.2 Å². The van der Waals surface area contributed by atoms with Crippen LogP contribution in [0.15, 0.2) is 30.5 Å². The zero-order valence-electron chi connectivity index (χ0n) is 18.0. The van der Waals surface area contributed by atoms with Gasteiger partial charge in [-0.2, -0.15) is 13.2 Å². The second kappa shape index (κ2) is 8.69. The molecule has 0 saturated carbocycles. The highest BCUT2D eigenvalue weighted by Gasteiger charge is 2.66. The maximum absolute atomic E-state index is 14.3. The number of nitrogens with one attached hydrogen (secondary N) is 1. The van der Waals surface area contributed by atoms with Crippen molar-refractivity contribution in [1.29, 1.82) is 0 Å². The van der Waals surface area contributed by atoms with E-state index in [-0.39, 0.29) is 28.9 Å². The van der Waals surface area contributed by atoms with Gasteiger partial charge in [-0.05, 0) is 49.6 Å². The number of alkyl halides is 3. The molecule has 1 saturated heterocycles. The van der Waals surface area contributed by atoms with Gasteiger partial charge in [0.05, 0.1) is 0 Å². The third-order valence-corrected chi connectivity index (χ3v) is 6.12. The monoisotopic (exact) mass is 471 g/mol. The average molecular weight is 471 g/mol. The summed E-state index contributed by atoms with van der Waals surface area (Å²) in [7, 11) is 0. The molecular weight excluding hydrogens is 449 g/mol. The molecule has 1 aromatic carbocycles. The molecule has 0 unspecified atom stereocenters. The zero-order chi connectivity index (χ0) is 24.7. The van der Waals surface area contributed by atoms with Crippen molar-refractivity contribution in [2.75, 3.05) is 5.32 Å². The molecule has 0 spiro atoms. The summed E-state index contributed by atoms with van der Waals surface area (Å²) in [5, 5.41) is 2.41. The topological polar surface area (TPSA) is 94.3 Å². The Bertz CT molecular complexity index is 1090. The summed E-state index contributed by atoms with van der Waals surface area (Å²) in [5.74, 6) is -6.67. The van der Waals surface area contributed by atoms with Crippen molar-refractivity contribution in [2.45, 2.75) is 51.0 Å². The van der Waals surface area contributed by atoms with Gasteiger partial charge in [0.1, 0.15) is 11.8 Å². The number of nitrogens with two attached hydrogens (primary N) is 1. The normalized spacial score (nSPS) is 25.2. The van der Waals surface area contributed by atoms with Crippen LogP contribution in [0, 0.1) is 24.5 Å². The van der Waals surface area contributed by atoms with E-state index in [1.54, 1.807) is 0 Å². The van der Waals surface area contributed by atoms with E-state index in [1.807, 2.05) is 0 Å². The van der Waals surface area contributed by atoms with Crippen LogP contribution in [0.5, 0.6) is 0 Å². The first-order valence-electron chi connectivity index (χ1n) is 10.1. The Kier molecular flexibility index (Phi) is 6.47. The Morgan fingerprint density at radius 3 is 2.48 bits per heavy atom. The summed E-state index contributed by atoms with van der Waals surface area (Å²) < 4.78 is 75.6. The zero-order valence-corrected chi connectivity index (χ0v) is 18.0. The van der Waals surface area contributed by atoms with Crippen LogP contribution >= 0.6 is 0 Å². The Morgan fingerprint density at radius 1 is 1.24 bits per heavy atom. The number of rotatable bonds is 5. The molecule has 2 amide bonds. The molecule has 1 aliphatic rings. The van der Waals surface area contributed by atoms with Crippen LogP contribution < -0.4 is 11.1 Å². The number of carbonyl (C=O) groups excluding carboxylic acids is 2. The van der Waals surface area contributed by atoms with E-state index >= 15 is 0 Å². The lowest BCUT2D eigenvalue weighted by atomic mass is 9.73. The first-order valence-corrected chi connectivity index (χ1v) is 10.1. The second-order valence-electron chi connectivity index (χ2n) is 8.04. The third kappa shape index (κ3) is 4.29. The number of pyridine rings is 1. The van der Waals surface area contributed by atoms with Gasteiger partial charge in [-0.15, -0.1) is 0 Å². The molecule has 178 valence electrons. The first kappa shape index (κ1) is 24.6. The molecule has 11 heteroatoms. The predicted molar refractivity (Wildman–Crippen MR) is 108 cm³/mol. The quantitative estimate of drug-likeness (QED) is 0.638. The predicted octanol–water partition coefficient (Wildman–Crippen LogP) is 4.24. The lowest BCUT2D eigenvalue weighted by Gasteiger charge is -2.33. The minimum Gasteiger partial charge on any atom is -0.364 e. The molecule has 1 aromatic heterocycles. The van der Waals surface area contributed by atoms with E-state index in [9.17, 15) is 31.5 Å². The van der Waals surface area contributed by atoms with Gasteiger partial charge in [0.25, 0.3) is 11.8 Å². The van der Waals surface area contributed by atoms with Gasteiger partial charge in [-0.3, -0.25) is 14.6 Å². The van der Waals surface area contributed by atoms with Crippen LogP contribution in [0.2, 0.25) is 0 Å². The van der Waals surface area contributed by atoms with E-state index in [2.05, 4.69) is 10.3 Å². The molecule has 6 nitrogen and oxygen atoms in total. The van der Waals surface area contributed by atoms with Crippen LogP contribution in [0.25, 0.3) is 0 Å². The summed E-state index contributed by atoms with van der Waals surface area (Å²) in [6.45, 7) is 3.58. The Balaban J connectivity index is 2.08. The lowest BCUT2D eigenvalue weighted by Crippen LogP contribution is -2.48. The second-order valence-corrected chi connectivity index (χ2v) is 8.04. The van der Waals surface area contributed by atoms with Gasteiger partial charge in [0, 0.05) is 23.7 Å². The standard InChI is InChI=1S/C22H22F5N3O3/c1-4-13-16(12-5-6-14(23)17(24)10(12)2)18(33-21(13,3)22(25,26)27)20(32)30-11-7-8-29-15(9-11)19(28)31/h5-9,13,16,18H,4H2,1-3H3,(H2,28,31)(H,29,30,32)/t13-,16+,18+,21+/m0/s1. The van der Waals surface area contributed by atoms with Crippen molar-refractivity contribution in [3.05, 3.63) is 58.9 Å². The highest BCUT2D eigenvalue weighted by Crippen LogP contribution is 2.55. The average Bonchev–Trinajstić information content (AvgIpc) is 3.06. The van der Waals surface area contributed by atoms with E-state index in [1.165, 1.54) is 32.2 Å². The fraction of sp³-hybridized carbons (Fsp3) is 0.409. The summed E-state index contributed by atoms with van der Waals surface area (Å²) in [5.41, 5.74) is 2.18. The number of amides is 2. The molecule has 1 aliphatic heterocycles. The molecule has 3 rings (SSSR count). The minimum atomic E-state index is -4.84. The summed E-state index contributed by atoms with van der Waals surface area (Å²) in [4.78, 5) is 28.2. The van der Waals surface area contributed by atoms with E-state index in [0.29, 0.717) is 0 Å². The summed E-state index contributed by atoms with van der Waals surface area (Å²) >= 11 is 0. The number of nitrogens with zero attached hydrogens (tertiary/aromatic N) is 1. The molecule has 0 aliphatic carbocycles. The van der Waals surface area contributed by atoms with Crippen LogP contribution in [-0.2, 0) is 9.53 Å². The molecule has 0 bridgehead atoms. The molecule has 4 atom stereocenters. The van der Waals surface area contributed by atoms with Crippen molar-refractivity contribution in [3.8, 4) is 0 Å². The number of ether oxygens (including phenoxy) is 1. The highest BCUT2D eigenvalue weighted by molar-refractivity contribution is 5.97. The van der Waals surface area contributed by atoms with Crippen LogP contribution in [0.3, 0.4) is 0 Å². The van der Waals surface area contributed by atoms with Gasteiger partial charge in [0.15, 0.2) is 17.2 Å². The summed E-state index contributed by atoms with van der Waals surface area (Å²) in [6, 6.07) is 4.46. The van der Waals surface area contributed by atoms with Gasteiger partial charge in [-0.25, -0.2) is 8.78 Å². The van der Waals surface area contributed by atoms with Crippen molar-refractivity contribution in [2.24, 2.45) is 11.7 Å². The molecule has 1 fully saturated rings. The summed E-state index contributed by atoms with van der Waals surface area (Å²) in [6.07, 6.45) is -5.39. The van der Waals surface area contributed by atoms with Crippen LogP contribution in [0.1, 0.15) is 47.8 Å². The van der Waals surface area contributed by atoms with Crippen LogP contribution in [0.4, 0.5) is 27.6 Å². The smallest absolute Gasteiger partial charge is 0.364 e. The number of hydrogen-bond acceptors (Lipinski definition) is 4. The van der Waals surface area contributed by atoms with E-state index in [4.69, 9.17) is 10.5 Å². The molecule has 2 aromatic rings.